The van der Waals surface area contributed by atoms with Crippen molar-refractivity contribution in [3.63, 3.8) is 0 Å². The SMILES string of the molecule is CC(C)C(CCCC(=O)NCc1ccccc1)C(=O)NCc1ccccc1.[CH2]CC(=O)NCc1ccccc1. The van der Waals surface area contributed by atoms with Crippen molar-refractivity contribution < 1.29 is 14.4 Å². The van der Waals surface area contributed by atoms with Gasteiger partial charge in [0.1, 0.15) is 0 Å². The van der Waals surface area contributed by atoms with Crippen molar-refractivity contribution in [1.29, 1.82) is 0 Å². The summed E-state index contributed by atoms with van der Waals surface area (Å²) in [6.07, 6.45) is 2.17. The Balaban J connectivity index is 0.000000370. The molecule has 0 fully saturated rings. The molecule has 0 bridgehead atoms. The van der Waals surface area contributed by atoms with E-state index in [1.165, 1.54) is 0 Å². The van der Waals surface area contributed by atoms with Crippen LogP contribution in [0.5, 0.6) is 0 Å². The predicted molar refractivity (Wildman–Crippen MR) is 157 cm³/mol. The summed E-state index contributed by atoms with van der Waals surface area (Å²) in [5, 5.41) is 8.71. The molecule has 3 amide bonds. The summed E-state index contributed by atoms with van der Waals surface area (Å²) in [4.78, 5) is 35.4. The Labute approximate surface area is 233 Å². The van der Waals surface area contributed by atoms with E-state index >= 15 is 0 Å². The second-order valence-corrected chi connectivity index (χ2v) is 9.72. The fourth-order valence-corrected chi connectivity index (χ4v) is 3.94. The molecule has 3 aromatic carbocycles. The van der Waals surface area contributed by atoms with Gasteiger partial charge in [-0.05, 0) is 42.4 Å². The number of amides is 3. The van der Waals surface area contributed by atoms with Gasteiger partial charge < -0.3 is 16.0 Å². The summed E-state index contributed by atoms with van der Waals surface area (Å²) >= 11 is 0. The number of carbonyl (C=O) groups excluding carboxylic acids is 3. The van der Waals surface area contributed by atoms with E-state index in [4.69, 9.17) is 0 Å². The van der Waals surface area contributed by atoms with E-state index in [-0.39, 0.29) is 29.6 Å². The summed E-state index contributed by atoms with van der Waals surface area (Å²) in [5.41, 5.74) is 3.29. The van der Waals surface area contributed by atoms with Gasteiger partial charge in [-0.25, -0.2) is 0 Å². The molecule has 207 valence electrons. The van der Waals surface area contributed by atoms with Crippen LogP contribution in [0.3, 0.4) is 0 Å². The topological polar surface area (TPSA) is 87.3 Å². The number of carbonyl (C=O) groups is 3. The van der Waals surface area contributed by atoms with Crippen LogP contribution in [0.25, 0.3) is 0 Å². The number of nitrogens with one attached hydrogen (secondary N) is 3. The van der Waals surface area contributed by atoms with Crippen molar-refractivity contribution in [2.24, 2.45) is 11.8 Å². The molecule has 6 heteroatoms. The maximum Gasteiger partial charge on any atom is 0.223 e. The van der Waals surface area contributed by atoms with E-state index in [0.29, 0.717) is 38.9 Å². The van der Waals surface area contributed by atoms with Crippen LogP contribution in [0, 0.1) is 18.8 Å². The first-order valence-electron chi connectivity index (χ1n) is 13.6. The Kier molecular flexibility index (Phi) is 14.7. The van der Waals surface area contributed by atoms with Crippen LogP contribution >= 0.6 is 0 Å². The highest BCUT2D eigenvalue weighted by molar-refractivity contribution is 5.79. The third kappa shape index (κ3) is 13.4. The average molecular weight is 529 g/mol. The van der Waals surface area contributed by atoms with Crippen molar-refractivity contribution in [2.75, 3.05) is 0 Å². The molecule has 0 saturated carbocycles. The van der Waals surface area contributed by atoms with Gasteiger partial charge in [-0.2, -0.15) is 0 Å². The molecule has 6 nitrogen and oxygen atoms in total. The van der Waals surface area contributed by atoms with Gasteiger partial charge in [-0.3, -0.25) is 14.4 Å². The number of rotatable bonds is 13. The van der Waals surface area contributed by atoms with Gasteiger partial charge in [0.2, 0.25) is 17.7 Å². The lowest BCUT2D eigenvalue weighted by Crippen LogP contribution is -2.33. The molecule has 1 radical (unpaired) electrons. The van der Waals surface area contributed by atoms with Crippen LogP contribution in [0.1, 0.15) is 56.2 Å². The minimum Gasteiger partial charge on any atom is -0.352 e. The lowest BCUT2D eigenvalue weighted by atomic mass is 9.89. The minimum atomic E-state index is -0.0735. The van der Waals surface area contributed by atoms with Crippen molar-refractivity contribution in [3.05, 3.63) is 115 Å². The molecular formula is C33H42N3O3. The largest absolute Gasteiger partial charge is 0.352 e. The Bertz CT molecular complexity index is 1100. The number of hydrogen-bond acceptors (Lipinski definition) is 3. The molecule has 3 N–H and O–H groups in total. The average Bonchev–Trinajstić information content (AvgIpc) is 2.97. The van der Waals surface area contributed by atoms with E-state index in [0.717, 1.165) is 23.1 Å². The third-order valence-corrected chi connectivity index (χ3v) is 6.26. The first-order valence-corrected chi connectivity index (χ1v) is 13.6. The predicted octanol–water partition coefficient (Wildman–Crippen LogP) is 5.59. The fraction of sp³-hybridized carbons (Fsp3) is 0.333. The molecule has 0 aliphatic rings. The Morgan fingerprint density at radius 3 is 1.46 bits per heavy atom. The molecule has 39 heavy (non-hydrogen) atoms. The zero-order chi connectivity index (χ0) is 28.3. The van der Waals surface area contributed by atoms with E-state index in [1.54, 1.807) is 0 Å². The zero-order valence-corrected chi connectivity index (χ0v) is 23.2. The summed E-state index contributed by atoms with van der Waals surface area (Å²) in [7, 11) is 0. The van der Waals surface area contributed by atoms with Gasteiger partial charge >= 0.3 is 0 Å². The molecule has 0 aliphatic heterocycles. The van der Waals surface area contributed by atoms with E-state index in [2.05, 4.69) is 36.7 Å². The van der Waals surface area contributed by atoms with Crippen LogP contribution in [0.2, 0.25) is 0 Å². The highest BCUT2D eigenvalue weighted by Crippen LogP contribution is 2.19. The number of benzene rings is 3. The first kappa shape index (κ1) is 31.3. The molecule has 0 aliphatic carbocycles. The van der Waals surface area contributed by atoms with E-state index in [1.807, 2.05) is 91.0 Å². The van der Waals surface area contributed by atoms with Crippen molar-refractivity contribution in [2.45, 2.75) is 59.2 Å². The summed E-state index contributed by atoms with van der Waals surface area (Å²) < 4.78 is 0. The molecule has 3 rings (SSSR count). The van der Waals surface area contributed by atoms with Gasteiger partial charge in [-0.1, -0.05) is 105 Å². The molecule has 1 atom stereocenters. The monoisotopic (exact) mass is 528 g/mol. The quantitative estimate of drug-likeness (QED) is 0.270. The van der Waals surface area contributed by atoms with Crippen LogP contribution in [-0.4, -0.2) is 17.7 Å². The van der Waals surface area contributed by atoms with Gasteiger partial charge in [0.25, 0.3) is 0 Å². The van der Waals surface area contributed by atoms with Gasteiger partial charge in [-0.15, -0.1) is 0 Å². The molecule has 0 aromatic heterocycles. The number of hydrogen-bond donors (Lipinski definition) is 3. The summed E-state index contributed by atoms with van der Waals surface area (Å²) in [6, 6.07) is 29.6. The summed E-state index contributed by atoms with van der Waals surface area (Å²) in [5.74, 6) is 0.257. The highest BCUT2D eigenvalue weighted by atomic mass is 16.2. The lowest BCUT2D eigenvalue weighted by Gasteiger charge is -2.20. The van der Waals surface area contributed by atoms with Gasteiger partial charge in [0.05, 0.1) is 0 Å². The standard InChI is InChI=1S/C23H30N2O2.C10H12NO/c1-18(2)21(23(27)25-17-20-12-7-4-8-13-20)14-9-15-22(26)24-16-19-10-5-3-6-11-19;1-2-10(12)11-8-9-6-4-3-5-7-9/h3-8,10-13,18,21H,9,14-17H2,1-2H3,(H,24,26)(H,25,27);3-7H,1-2,8H2,(H,11,12). The lowest BCUT2D eigenvalue weighted by molar-refractivity contribution is -0.127. The second-order valence-electron chi connectivity index (χ2n) is 9.72. The highest BCUT2D eigenvalue weighted by Gasteiger charge is 2.21. The van der Waals surface area contributed by atoms with Crippen molar-refractivity contribution >= 4 is 17.7 Å². The Hall–Kier alpha value is -3.93. The molecule has 1 unspecified atom stereocenters. The molecular weight excluding hydrogens is 486 g/mol. The minimum absolute atomic E-state index is 0.0150. The van der Waals surface area contributed by atoms with Crippen LogP contribution < -0.4 is 16.0 Å². The zero-order valence-electron chi connectivity index (χ0n) is 23.2. The van der Waals surface area contributed by atoms with Gasteiger partial charge in [0.15, 0.2) is 0 Å². The van der Waals surface area contributed by atoms with Crippen molar-refractivity contribution in [3.8, 4) is 0 Å². The van der Waals surface area contributed by atoms with Gasteiger partial charge in [0, 0.05) is 38.4 Å². The summed E-state index contributed by atoms with van der Waals surface area (Å²) in [6.45, 7) is 9.28. The maximum atomic E-state index is 12.5. The van der Waals surface area contributed by atoms with E-state index in [9.17, 15) is 14.4 Å². The van der Waals surface area contributed by atoms with Crippen LogP contribution in [-0.2, 0) is 34.0 Å². The van der Waals surface area contributed by atoms with E-state index < -0.39 is 0 Å². The molecule has 3 aromatic rings. The Morgan fingerprint density at radius 1 is 0.641 bits per heavy atom. The molecule has 0 spiro atoms. The van der Waals surface area contributed by atoms with Crippen LogP contribution in [0.4, 0.5) is 0 Å². The first-order chi connectivity index (χ1) is 18.9. The van der Waals surface area contributed by atoms with Crippen molar-refractivity contribution in [1.82, 2.24) is 16.0 Å². The third-order valence-electron chi connectivity index (χ3n) is 6.26. The maximum absolute atomic E-state index is 12.5. The molecule has 0 heterocycles. The fourth-order valence-electron chi connectivity index (χ4n) is 3.94. The smallest absolute Gasteiger partial charge is 0.223 e. The van der Waals surface area contributed by atoms with Crippen LogP contribution in [0.15, 0.2) is 91.0 Å². The Morgan fingerprint density at radius 2 is 1.05 bits per heavy atom. The molecule has 0 saturated heterocycles. The second kappa shape index (κ2) is 18.3. The normalized spacial score (nSPS) is 11.1.